The standard InChI is InChI=1S/C16H19N3O3/c1-5-14(22-16(21)9(2)3)15-18-12-7-6-11(17-10(4)20)8-13(12)19-15/h6-8,14H,2,5H2,1,3-4H3,(H,17,20)(H,18,19). The molecule has 0 aliphatic carbocycles. The fourth-order valence-electron chi connectivity index (χ4n) is 2.03. The number of anilines is 1. The predicted molar refractivity (Wildman–Crippen MR) is 84.3 cm³/mol. The Labute approximate surface area is 128 Å². The van der Waals surface area contributed by atoms with Crippen molar-refractivity contribution in [2.45, 2.75) is 33.3 Å². The van der Waals surface area contributed by atoms with E-state index in [9.17, 15) is 9.59 Å². The van der Waals surface area contributed by atoms with Gasteiger partial charge in [0.25, 0.3) is 0 Å². The molecule has 2 aromatic rings. The van der Waals surface area contributed by atoms with Crippen LogP contribution < -0.4 is 5.32 Å². The minimum absolute atomic E-state index is 0.138. The number of ether oxygens (including phenoxy) is 1. The lowest BCUT2D eigenvalue weighted by molar-refractivity contribution is -0.145. The highest BCUT2D eigenvalue weighted by atomic mass is 16.5. The number of hydrogen-bond acceptors (Lipinski definition) is 4. The Morgan fingerprint density at radius 2 is 2.14 bits per heavy atom. The molecule has 1 atom stereocenters. The first kappa shape index (κ1) is 15.8. The second kappa shape index (κ2) is 6.43. The summed E-state index contributed by atoms with van der Waals surface area (Å²) in [7, 11) is 0. The van der Waals surface area contributed by atoms with Crippen LogP contribution in [0, 0.1) is 0 Å². The molecule has 0 spiro atoms. The van der Waals surface area contributed by atoms with Crippen molar-refractivity contribution in [3.63, 3.8) is 0 Å². The van der Waals surface area contributed by atoms with Gasteiger partial charge >= 0.3 is 5.97 Å². The highest BCUT2D eigenvalue weighted by molar-refractivity contribution is 5.91. The molecule has 0 aliphatic rings. The van der Waals surface area contributed by atoms with Crippen molar-refractivity contribution in [1.29, 1.82) is 0 Å². The molecule has 1 heterocycles. The second-order valence-corrected chi connectivity index (χ2v) is 5.12. The van der Waals surface area contributed by atoms with Gasteiger partial charge in [0.2, 0.25) is 5.91 Å². The average molecular weight is 301 g/mol. The molecule has 22 heavy (non-hydrogen) atoms. The molecule has 2 rings (SSSR count). The summed E-state index contributed by atoms with van der Waals surface area (Å²) in [5, 5.41) is 2.71. The van der Waals surface area contributed by atoms with E-state index in [0.29, 0.717) is 23.5 Å². The van der Waals surface area contributed by atoms with Gasteiger partial charge in [0, 0.05) is 18.2 Å². The van der Waals surface area contributed by atoms with Crippen molar-refractivity contribution in [3.8, 4) is 0 Å². The molecule has 116 valence electrons. The quantitative estimate of drug-likeness (QED) is 0.656. The van der Waals surface area contributed by atoms with Gasteiger partial charge in [-0.25, -0.2) is 9.78 Å². The van der Waals surface area contributed by atoms with Gasteiger partial charge in [0.1, 0.15) is 5.82 Å². The Morgan fingerprint density at radius 1 is 1.41 bits per heavy atom. The van der Waals surface area contributed by atoms with Crippen LogP contribution in [0.3, 0.4) is 0 Å². The number of fused-ring (bicyclic) bond motifs is 1. The zero-order valence-corrected chi connectivity index (χ0v) is 12.9. The van der Waals surface area contributed by atoms with E-state index in [-0.39, 0.29) is 5.91 Å². The van der Waals surface area contributed by atoms with Gasteiger partial charge < -0.3 is 15.0 Å². The summed E-state index contributed by atoms with van der Waals surface area (Å²) >= 11 is 0. The lowest BCUT2D eigenvalue weighted by atomic mass is 10.2. The smallest absolute Gasteiger partial charge is 0.333 e. The number of hydrogen-bond donors (Lipinski definition) is 2. The highest BCUT2D eigenvalue weighted by Crippen LogP contribution is 2.24. The van der Waals surface area contributed by atoms with E-state index in [1.54, 1.807) is 25.1 Å². The van der Waals surface area contributed by atoms with Gasteiger partial charge in [0.15, 0.2) is 6.10 Å². The van der Waals surface area contributed by atoms with E-state index in [2.05, 4.69) is 21.9 Å². The number of amides is 1. The number of imidazole rings is 1. The number of nitrogens with zero attached hydrogens (tertiary/aromatic N) is 1. The number of carbonyl (C=O) groups is 2. The topological polar surface area (TPSA) is 84.1 Å². The van der Waals surface area contributed by atoms with Gasteiger partial charge in [-0.05, 0) is 31.5 Å². The van der Waals surface area contributed by atoms with E-state index in [1.165, 1.54) is 6.92 Å². The van der Waals surface area contributed by atoms with Gasteiger partial charge in [-0.3, -0.25) is 4.79 Å². The SMILES string of the molecule is C=C(C)C(=O)OC(CC)c1nc2ccc(NC(C)=O)cc2[nH]1. The van der Waals surface area contributed by atoms with Crippen LogP contribution in [0.15, 0.2) is 30.4 Å². The van der Waals surface area contributed by atoms with Crippen molar-refractivity contribution in [1.82, 2.24) is 9.97 Å². The molecule has 0 radical (unpaired) electrons. The van der Waals surface area contributed by atoms with E-state index in [4.69, 9.17) is 4.74 Å². The summed E-state index contributed by atoms with van der Waals surface area (Å²) in [5.74, 6) is -0.000715. The Bertz CT molecular complexity index is 733. The first-order valence-electron chi connectivity index (χ1n) is 7.04. The Kier molecular flexibility index (Phi) is 4.60. The molecule has 1 aromatic heterocycles. The Balaban J connectivity index is 2.28. The minimum Gasteiger partial charge on any atom is -0.451 e. The largest absolute Gasteiger partial charge is 0.451 e. The van der Waals surface area contributed by atoms with E-state index in [0.717, 1.165) is 11.0 Å². The van der Waals surface area contributed by atoms with Crippen molar-refractivity contribution < 1.29 is 14.3 Å². The Hall–Kier alpha value is -2.63. The Morgan fingerprint density at radius 3 is 2.73 bits per heavy atom. The summed E-state index contributed by atoms with van der Waals surface area (Å²) in [4.78, 5) is 30.3. The summed E-state index contributed by atoms with van der Waals surface area (Å²) in [6, 6.07) is 5.36. The summed E-state index contributed by atoms with van der Waals surface area (Å²) in [6.07, 6.45) is 0.137. The fraction of sp³-hybridized carbons (Fsp3) is 0.312. The predicted octanol–water partition coefficient (Wildman–Crippen LogP) is 3.09. The molecule has 6 nitrogen and oxygen atoms in total. The monoisotopic (exact) mass is 301 g/mol. The van der Waals surface area contributed by atoms with Crippen LogP contribution in [-0.2, 0) is 14.3 Å². The highest BCUT2D eigenvalue weighted by Gasteiger charge is 2.19. The lowest BCUT2D eigenvalue weighted by Gasteiger charge is -2.13. The molecule has 0 saturated heterocycles. The number of nitrogens with one attached hydrogen (secondary N) is 2. The average Bonchev–Trinajstić information content (AvgIpc) is 2.86. The summed E-state index contributed by atoms with van der Waals surface area (Å²) in [5.41, 5.74) is 2.55. The molecular formula is C16H19N3O3. The van der Waals surface area contributed by atoms with Gasteiger partial charge in [-0.2, -0.15) is 0 Å². The number of H-pyrrole nitrogens is 1. The number of aromatic nitrogens is 2. The van der Waals surface area contributed by atoms with Crippen molar-refractivity contribution in [3.05, 3.63) is 36.2 Å². The summed E-state index contributed by atoms with van der Waals surface area (Å²) < 4.78 is 5.37. The van der Waals surface area contributed by atoms with Gasteiger partial charge in [-0.15, -0.1) is 0 Å². The first-order valence-corrected chi connectivity index (χ1v) is 7.04. The third-order valence-electron chi connectivity index (χ3n) is 3.09. The van der Waals surface area contributed by atoms with Crippen molar-refractivity contribution in [2.75, 3.05) is 5.32 Å². The van der Waals surface area contributed by atoms with Crippen LogP contribution in [0.25, 0.3) is 11.0 Å². The molecule has 1 aromatic carbocycles. The number of esters is 1. The van der Waals surface area contributed by atoms with Gasteiger partial charge in [0.05, 0.1) is 11.0 Å². The second-order valence-electron chi connectivity index (χ2n) is 5.12. The lowest BCUT2D eigenvalue weighted by Crippen LogP contribution is -2.12. The van der Waals surface area contributed by atoms with Crippen LogP contribution in [-0.4, -0.2) is 21.8 Å². The van der Waals surface area contributed by atoms with E-state index < -0.39 is 12.1 Å². The third-order valence-corrected chi connectivity index (χ3v) is 3.09. The molecule has 0 bridgehead atoms. The van der Waals surface area contributed by atoms with Crippen LogP contribution in [0.4, 0.5) is 5.69 Å². The minimum atomic E-state index is -0.458. The van der Waals surface area contributed by atoms with Crippen LogP contribution in [0.2, 0.25) is 0 Å². The zero-order chi connectivity index (χ0) is 16.3. The molecule has 0 fully saturated rings. The summed E-state index contributed by atoms with van der Waals surface area (Å²) in [6.45, 7) is 8.54. The molecule has 6 heteroatoms. The molecule has 0 saturated carbocycles. The maximum atomic E-state index is 11.7. The number of aromatic amines is 1. The molecule has 1 amide bonds. The normalized spacial score (nSPS) is 12.0. The molecule has 2 N–H and O–H groups in total. The van der Waals surface area contributed by atoms with Crippen LogP contribution in [0.5, 0.6) is 0 Å². The number of rotatable bonds is 5. The number of carbonyl (C=O) groups excluding carboxylic acids is 2. The van der Waals surface area contributed by atoms with Gasteiger partial charge in [-0.1, -0.05) is 13.5 Å². The van der Waals surface area contributed by atoms with E-state index >= 15 is 0 Å². The van der Waals surface area contributed by atoms with Crippen LogP contribution >= 0.6 is 0 Å². The zero-order valence-electron chi connectivity index (χ0n) is 12.9. The number of benzene rings is 1. The van der Waals surface area contributed by atoms with E-state index in [1.807, 2.05) is 6.92 Å². The first-order chi connectivity index (χ1) is 10.4. The third kappa shape index (κ3) is 3.52. The molecule has 0 aliphatic heterocycles. The van der Waals surface area contributed by atoms with Crippen molar-refractivity contribution in [2.24, 2.45) is 0 Å². The van der Waals surface area contributed by atoms with Crippen LogP contribution in [0.1, 0.15) is 39.1 Å². The fourth-order valence-corrected chi connectivity index (χ4v) is 2.03. The maximum Gasteiger partial charge on any atom is 0.333 e. The maximum absolute atomic E-state index is 11.7. The molecular weight excluding hydrogens is 282 g/mol. The molecule has 1 unspecified atom stereocenters. The van der Waals surface area contributed by atoms with Crippen molar-refractivity contribution >= 4 is 28.6 Å².